The van der Waals surface area contributed by atoms with Crippen LogP contribution in [0.15, 0.2) is 70.1 Å². The summed E-state index contributed by atoms with van der Waals surface area (Å²) in [5.41, 5.74) is 1.55. The summed E-state index contributed by atoms with van der Waals surface area (Å²) in [6.07, 6.45) is 6.51. The minimum absolute atomic E-state index is 0.0579. The molecule has 1 aliphatic heterocycles. The van der Waals surface area contributed by atoms with Gasteiger partial charge in [-0.05, 0) is 55.3 Å². The number of furan rings is 1. The predicted molar refractivity (Wildman–Crippen MR) is 132 cm³/mol. The van der Waals surface area contributed by atoms with Gasteiger partial charge in [0.05, 0.1) is 35.0 Å². The average Bonchev–Trinajstić information content (AvgIpc) is 3.37. The van der Waals surface area contributed by atoms with Gasteiger partial charge in [0.2, 0.25) is 0 Å². The van der Waals surface area contributed by atoms with E-state index in [9.17, 15) is 14.4 Å². The zero-order chi connectivity index (χ0) is 24.2. The van der Waals surface area contributed by atoms with Crippen molar-refractivity contribution in [2.75, 3.05) is 5.32 Å². The number of benzene rings is 2. The van der Waals surface area contributed by atoms with Gasteiger partial charge in [-0.1, -0.05) is 25.0 Å². The summed E-state index contributed by atoms with van der Waals surface area (Å²) >= 11 is 0. The van der Waals surface area contributed by atoms with E-state index in [2.05, 4.69) is 10.6 Å². The van der Waals surface area contributed by atoms with Crippen molar-refractivity contribution in [3.63, 3.8) is 0 Å². The number of aryl methyl sites for hydroxylation is 1. The predicted octanol–water partition coefficient (Wildman–Crippen LogP) is 4.29. The van der Waals surface area contributed by atoms with Crippen molar-refractivity contribution in [2.24, 2.45) is 0 Å². The molecular weight excluding hydrogens is 444 g/mol. The number of hydrogen-bond donors (Lipinski definition) is 2. The fourth-order valence-electron chi connectivity index (χ4n) is 4.40. The van der Waals surface area contributed by atoms with E-state index in [0.717, 1.165) is 37.9 Å². The molecule has 0 saturated heterocycles. The van der Waals surface area contributed by atoms with E-state index in [4.69, 9.17) is 9.40 Å². The molecule has 8 heteroatoms. The minimum Gasteiger partial charge on any atom is -0.467 e. The molecular formula is C27H26N4O4. The Hall–Kier alpha value is -4.20. The summed E-state index contributed by atoms with van der Waals surface area (Å²) in [4.78, 5) is 43.6. The molecule has 0 aliphatic carbocycles. The van der Waals surface area contributed by atoms with E-state index < -0.39 is 0 Å². The Morgan fingerprint density at radius 3 is 2.69 bits per heavy atom. The van der Waals surface area contributed by atoms with Crippen molar-refractivity contribution >= 4 is 28.4 Å². The van der Waals surface area contributed by atoms with Gasteiger partial charge in [0, 0.05) is 18.5 Å². The quantitative estimate of drug-likeness (QED) is 0.453. The molecule has 2 aromatic heterocycles. The molecule has 2 aromatic carbocycles. The lowest BCUT2D eigenvalue weighted by atomic mass is 10.1. The first-order chi connectivity index (χ1) is 17.1. The van der Waals surface area contributed by atoms with Crippen LogP contribution in [0.4, 0.5) is 5.69 Å². The van der Waals surface area contributed by atoms with Gasteiger partial charge >= 0.3 is 0 Å². The fourth-order valence-corrected chi connectivity index (χ4v) is 4.40. The number of nitrogens with one attached hydrogen (secondary N) is 2. The summed E-state index contributed by atoms with van der Waals surface area (Å²) in [5, 5.41) is 6.12. The van der Waals surface area contributed by atoms with Crippen molar-refractivity contribution in [1.29, 1.82) is 0 Å². The van der Waals surface area contributed by atoms with Crippen LogP contribution in [-0.4, -0.2) is 21.4 Å². The Labute approximate surface area is 202 Å². The van der Waals surface area contributed by atoms with Crippen LogP contribution < -0.4 is 16.2 Å². The standard InChI is InChI=1S/C27H26N4O4/c32-25(30-22-10-5-4-9-20(22)26(33)28-17-19-8-7-15-35-19)18-12-13-21-23(16-18)29-24-11-3-1-2-6-14-31(24)27(21)34/h4-5,7-10,12-13,15-16H,1-3,6,11,14,17H2,(H,28,33)(H,30,32). The third kappa shape index (κ3) is 4.87. The number of rotatable bonds is 5. The third-order valence-corrected chi connectivity index (χ3v) is 6.25. The lowest BCUT2D eigenvalue weighted by molar-refractivity contribution is 0.0949. The summed E-state index contributed by atoms with van der Waals surface area (Å²) in [6.45, 7) is 0.919. The molecule has 35 heavy (non-hydrogen) atoms. The second-order valence-electron chi connectivity index (χ2n) is 8.64. The number of hydrogen-bond acceptors (Lipinski definition) is 5. The normalized spacial score (nSPS) is 13.5. The highest BCUT2D eigenvalue weighted by Crippen LogP contribution is 2.19. The summed E-state index contributed by atoms with van der Waals surface area (Å²) in [7, 11) is 0. The molecule has 178 valence electrons. The Morgan fingerprint density at radius 2 is 1.83 bits per heavy atom. The molecule has 5 rings (SSSR count). The van der Waals surface area contributed by atoms with Crippen LogP contribution in [0.5, 0.6) is 0 Å². The van der Waals surface area contributed by atoms with Gasteiger partial charge in [-0.25, -0.2) is 4.98 Å². The van der Waals surface area contributed by atoms with E-state index in [1.165, 1.54) is 0 Å². The largest absolute Gasteiger partial charge is 0.467 e. The average molecular weight is 471 g/mol. The van der Waals surface area contributed by atoms with Crippen LogP contribution in [0.1, 0.15) is 58.0 Å². The lowest BCUT2D eigenvalue weighted by Gasteiger charge is -2.16. The Balaban J connectivity index is 1.38. The highest BCUT2D eigenvalue weighted by molar-refractivity contribution is 6.10. The first kappa shape index (κ1) is 22.6. The molecule has 0 atom stereocenters. The van der Waals surface area contributed by atoms with Crippen molar-refractivity contribution < 1.29 is 14.0 Å². The van der Waals surface area contributed by atoms with Crippen LogP contribution in [0, 0.1) is 0 Å². The molecule has 2 N–H and O–H groups in total. The minimum atomic E-state index is -0.383. The Bertz CT molecular complexity index is 1440. The third-order valence-electron chi connectivity index (χ3n) is 6.25. The summed E-state index contributed by atoms with van der Waals surface area (Å²) in [6, 6.07) is 15.3. The zero-order valence-electron chi connectivity index (χ0n) is 19.3. The number of amides is 2. The highest BCUT2D eigenvalue weighted by Gasteiger charge is 2.17. The first-order valence-corrected chi connectivity index (χ1v) is 11.8. The molecule has 0 bridgehead atoms. The molecule has 0 saturated carbocycles. The second kappa shape index (κ2) is 9.97. The number of aromatic nitrogens is 2. The number of anilines is 1. The maximum atomic E-state index is 13.1. The van der Waals surface area contributed by atoms with Crippen LogP contribution >= 0.6 is 0 Å². The maximum Gasteiger partial charge on any atom is 0.261 e. The first-order valence-electron chi connectivity index (χ1n) is 11.8. The molecule has 8 nitrogen and oxygen atoms in total. The van der Waals surface area contributed by atoms with Gasteiger partial charge < -0.3 is 15.1 Å². The van der Waals surface area contributed by atoms with E-state index in [0.29, 0.717) is 40.0 Å². The molecule has 0 spiro atoms. The number of fused-ring (bicyclic) bond motifs is 2. The lowest BCUT2D eigenvalue weighted by Crippen LogP contribution is -2.27. The van der Waals surface area contributed by atoms with Gasteiger partial charge in [-0.2, -0.15) is 0 Å². The monoisotopic (exact) mass is 470 g/mol. The zero-order valence-corrected chi connectivity index (χ0v) is 19.3. The molecule has 0 unspecified atom stereocenters. The number of para-hydroxylation sites is 1. The summed E-state index contributed by atoms with van der Waals surface area (Å²) < 4.78 is 7.03. The second-order valence-corrected chi connectivity index (χ2v) is 8.64. The molecule has 2 amide bonds. The number of nitrogens with zero attached hydrogens (tertiary/aromatic N) is 2. The van der Waals surface area contributed by atoms with Gasteiger partial charge in [0.1, 0.15) is 11.6 Å². The molecule has 0 radical (unpaired) electrons. The van der Waals surface area contributed by atoms with Crippen molar-refractivity contribution in [1.82, 2.24) is 14.9 Å². The van der Waals surface area contributed by atoms with Crippen molar-refractivity contribution in [2.45, 2.75) is 45.2 Å². The fraction of sp³-hybridized carbons (Fsp3) is 0.259. The summed E-state index contributed by atoms with van der Waals surface area (Å²) in [5.74, 6) is 0.697. The van der Waals surface area contributed by atoms with Crippen LogP contribution in [-0.2, 0) is 19.5 Å². The Morgan fingerprint density at radius 1 is 0.971 bits per heavy atom. The van der Waals surface area contributed by atoms with Crippen LogP contribution in [0.3, 0.4) is 0 Å². The molecule has 0 fully saturated rings. The molecule has 3 heterocycles. The van der Waals surface area contributed by atoms with E-state index in [-0.39, 0.29) is 23.9 Å². The van der Waals surface area contributed by atoms with Crippen LogP contribution in [0.2, 0.25) is 0 Å². The smallest absolute Gasteiger partial charge is 0.261 e. The van der Waals surface area contributed by atoms with E-state index in [1.54, 1.807) is 65.4 Å². The van der Waals surface area contributed by atoms with Gasteiger partial charge in [-0.15, -0.1) is 0 Å². The molecule has 4 aromatic rings. The van der Waals surface area contributed by atoms with Crippen LogP contribution in [0.25, 0.3) is 10.9 Å². The van der Waals surface area contributed by atoms with Gasteiger partial charge in [0.25, 0.3) is 17.4 Å². The van der Waals surface area contributed by atoms with E-state index >= 15 is 0 Å². The van der Waals surface area contributed by atoms with Gasteiger partial charge in [-0.3, -0.25) is 19.0 Å². The maximum absolute atomic E-state index is 13.1. The number of carbonyl (C=O) groups excluding carboxylic acids is 2. The highest BCUT2D eigenvalue weighted by atomic mass is 16.3. The number of carbonyl (C=O) groups is 2. The van der Waals surface area contributed by atoms with Crippen molar-refractivity contribution in [3.8, 4) is 0 Å². The molecule has 1 aliphatic rings. The van der Waals surface area contributed by atoms with E-state index in [1.807, 2.05) is 0 Å². The SMILES string of the molecule is O=C(Nc1ccccc1C(=O)NCc1ccco1)c1ccc2c(=O)n3c(nc2c1)CCCCCC3. The Kier molecular flexibility index (Phi) is 6.43. The van der Waals surface area contributed by atoms with Crippen molar-refractivity contribution in [3.05, 3.63) is 93.9 Å². The topological polar surface area (TPSA) is 106 Å². The van der Waals surface area contributed by atoms with Gasteiger partial charge in [0.15, 0.2) is 0 Å².